The summed E-state index contributed by atoms with van der Waals surface area (Å²) < 4.78 is 4.29. The number of ether oxygens (including phenoxy) is 1. The Morgan fingerprint density at radius 1 is 1.77 bits per heavy atom. The Labute approximate surface area is 78.4 Å². The van der Waals surface area contributed by atoms with Gasteiger partial charge in [0.25, 0.3) is 0 Å². The maximum absolute atomic E-state index is 10.5. The predicted molar refractivity (Wildman–Crippen MR) is 49.8 cm³/mol. The van der Waals surface area contributed by atoms with Gasteiger partial charge in [-0.3, -0.25) is 0 Å². The highest BCUT2D eigenvalue weighted by Crippen LogP contribution is 1.99. The van der Waals surface area contributed by atoms with Crippen LogP contribution in [-0.4, -0.2) is 24.3 Å². The summed E-state index contributed by atoms with van der Waals surface area (Å²) >= 11 is 0. The molecule has 0 aromatic carbocycles. The van der Waals surface area contributed by atoms with Crippen molar-refractivity contribution in [1.82, 2.24) is 0 Å². The molecule has 1 N–H and O–H groups in total. The largest absolute Gasteiger partial charge is 0.459 e. The molecule has 72 valence electrons. The minimum Gasteiger partial charge on any atom is -0.459 e. The third-order valence-electron chi connectivity index (χ3n) is 1.41. The van der Waals surface area contributed by atoms with Crippen molar-refractivity contribution in [2.75, 3.05) is 7.11 Å². The number of methoxy groups -OCH3 is 1. The van der Waals surface area contributed by atoms with Crippen LogP contribution in [-0.2, 0) is 9.53 Å². The van der Waals surface area contributed by atoms with E-state index in [9.17, 15) is 9.90 Å². The van der Waals surface area contributed by atoms with Gasteiger partial charge >= 0.3 is 5.97 Å². The van der Waals surface area contributed by atoms with Gasteiger partial charge in [-0.05, 0) is 19.3 Å². The van der Waals surface area contributed by atoms with Gasteiger partial charge in [-0.25, -0.2) is 4.79 Å². The molecule has 0 radical (unpaired) electrons. The Hall–Kier alpha value is -1.27. The fraction of sp³-hybridized carbons (Fsp3) is 0.500. The fourth-order valence-electron chi connectivity index (χ4n) is 0.721. The van der Waals surface area contributed by atoms with Crippen LogP contribution in [0.15, 0.2) is 12.7 Å². The SMILES string of the molecule is C=CCCC[C@H](O)C#CC(=O)OC. The van der Waals surface area contributed by atoms with Gasteiger partial charge in [0.15, 0.2) is 0 Å². The third kappa shape index (κ3) is 7.10. The number of hydrogen-bond donors (Lipinski definition) is 1. The van der Waals surface area contributed by atoms with E-state index in [-0.39, 0.29) is 0 Å². The van der Waals surface area contributed by atoms with Crippen LogP contribution >= 0.6 is 0 Å². The molecule has 0 bridgehead atoms. The van der Waals surface area contributed by atoms with Gasteiger partial charge in [0, 0.05) is 5.92 Å². The van der Waals surface area contributed by atoms with Crippen molar-refractivity contribution in [3.63, 3.8) is 0 Å². The highest BCUT2D eigenvalue weighted by molar-refractivity contribution is 5.88. The zero-order valence-corrected chi connectivity index (χ0v) is 7.75. The smallest absolute Gasteiger partial charge is 0.384 e. The van der Waals surface area contributed by atoms with E-state index in [1.54, 1.807) is 6.08 Å². The molecule has 0 amide bonds. The number of aliphatic hydroxyl groups excluding tert-OH is 1. The molecule has 0 heterocycles. The van der Waals surface area contributed by atoms with Gasteiger partial charge in [0.1, 0.15) is 6.10 Å². The van der Waals surface area contributed by atoms with Crippen LogP contribution in [0.1, 0.15) is 19.3 Å². The number of rotatable bonds is 4. The van der Waals surface area contributed by atoms with Crippen molar-refractivity contribution in [3.05, 3.63) is 12.7 Å². The van der Waals surface area contributed by atoms with Crippen molar-refractivity contribution in [3.8, 4) is 11.8 Å². The average molecular weight is 182 g/mol. The second kappa shape index (κ2) is 7.38. The van der Waals surface area contributed by atoms with E-state index < -0.39 is 12.1 Å². The van der Waals surface area contributed by atoms with E-state index in [0.29, 0.717) is 6.42 Å². The van der Waals surface area contributed by atoms with Crippen molar-refractivity contribution in [2.45, 2.75) is 25.4 Å². The summed E-state index contributed by atoms with van der Waals surface area (Å²) in [4.78, 5) is 10.5. The van der Waals surface area contributed by atoms with Gasteiger partial charge in [0.2, 0.25) is 0 Å². The van der Waals surface area contributed by atoms with Gasteiger partial charge in [0.05, 0.1) is 7.11 Å². The molecule has 0 aromatic heterocycles. The minimum atomic E-state index is -0.751. The lowest BCUT2D eigenvalue weighted by molar-refractivity contribution is -0.133. The molecular formula is C10H14O3. The van der Waals surface area contributed by atoms with Gasteiger partial charge in [-0.15, -0.1) is 6.58 Å². The first-order valence-corrected chi connectivity index (χ1v) is 4.09. The zero-order valence-electron chi connectivity index (χ0n) is 7.75. The molecule has 0 aromatic rings. The number of carbonyl (C=O) groups is 1. The summed E-state index contributed by atoms with van der Waals surface area (Å²) in [5.74, 6) is 3.94. The van der Waals surface area contributed by atoms with Crippen LogP contribution in [0.3, 0.4) is 0 Å². The molecule has 0 unspecified atom stereocenters. The van der Waals surface area contributed by atoms with E-state index in [2.05, 4.69) is 23.2 Å². The number of aliphatic hydroxyl groups is 1. The predicted octanol–water partition coefficient (Wildman–Crippen LogP) is 0.880. The van der Waals surface area contributed by atoms with Crippen molar-refractivity contribution >= 4 is 5.97 Å². The summed E-state index contributed by atoms with van der Waals surface area (Å²) in [6.45, 7) is 3.55. The quantitative estimate of drug-likeness (QED) is 0.231. The average Bonchev–Trinajstić information content (AvgIpc) is 2.14. The standard InChI is InChI=1S/C10H14O3/c1-3-4-5-6-9(11)7-8-10(12)13-2/h3,9,11H,1,4-6H2,2H3/t9-/m0/s1. The number of unbranched alkanes of at least 4 members (excludes halogenated alkanes) is 1. The molecule has 0 rings (SSSR count). The maximum Gasteiger partial charge on any atom is 0.384 e. The van der Waals surface area contributed by atoms with E-state index in [4.69, 9.17) is 0 Å². The first kappa shape index (κ1) is 11.7. The lowest BCUT2D eigenvalue weighted by atomic mass is 10.1. The summed E-state index contributed by atoms with van der Waals surface area (Å²) in [6, 6.07) is 0. The van der Waals surface area contributed by atoms with E-state index in [0.717, 1.165) is 12.8 Å². The van der Waals surface area contributed by atoms with Crippen LogP contribution in [0.4, 0.5) is 0 Å². The van der Waals surface area contributed by atoms with Crippen molar-refractivity contribution in [1.29, 1.82) is 0 Å². The molecule has 0 saturated heterocycles. The highest BCUT2D eigenvalue weighted by Gasteiger charge is 1.98. The van der Waals surface area contributed by atoms with Crippen LogP contribution < -0.4 is 0 Å². The first-order chi connectivity index (χ1) is 6.20. The lowest BCUT2D eigenvalue weighted by Gasteiger charge is -1.99. The number of hydrogen-bond acceptors (Lipinski definition) is 3. The van der Waals surface area contributed by atoms with Crippen LogP contribution in [0, 0.1) is 11.8 Å². The Kier molecular flexibility index (Phi) is 6.66. The molecule has 0 fully saturated rings. The van der Waals surface area contributed by atoms with Crippen LogP contribution in [0.25, 0.3) is 0 Å². The number of allylic oxidation sites excluding steroid dienone is 1. The highest BCUT2D eigenvalue weighted by atomic mass is 16.5. The summed E-state index contributed by atoms with van der Waals surface area (Å²) in [5, 5.41) is 9.20. The third-order valence-corrected chi connectivity index (χ3v) is 1.41. The van der Waals surface area contributed by atoms with Crippen LogP contribution in [0.5, 0.6) is 0 Å². The van der Waals surface area contributed by atoms with Crippen molar-refractivity contribution < 1.29 is 14.6 Å². The lowest BCUT2D eigenvalue weighted by Crippen LogP contribution is -2.04. The molecule has 1 atom stereocenters. The minimum absolute atomic E-state index is 0.552. The summed E-state index contributed by atoms with van der Waals surface area (Å²) in [6.07, 6.45) is 3.24. The second-order valence-corrected chi connectivity index (χ2v) is 2.50. The molecular weight excluding hydrogens is 168 g/mol. The Bertz CT molecular complexity index is 222. The van der Waals surface area contributed by atoms with Gasteiger partial charge in [-0.2, -0.15) is 0 Å². The molecule has 0 aliphatic rings. The monoisotopic (exact) mass is 182 g/mol. The summed E-state index contributed by atoms with van der Waals surface area (Å²) in [5.41, 5.74) is 0. The van der Waals surface area contributed by atoms with E-state index in [1.165, 1.54) is 7.11 Å². The normalized spacial score (nSPS) is 10.9. The maximum atomic E-state index is 10.5. The Morgan fingerprint density at radius 3 is 3.00 bits per heavy atom. The number of esters is 1. The molecule has 3 nitrogen and oxygen atoms in total. The van der Waals surface area contributed by atoms with E-state index in [1.807, 2.05) is 0 Å². The number of carbonyl (C=O) groups excluding carboxylic acids is 1. The topological polar surface area (TPSA) is 46.5 Å². The molecule has 0 spiro atoms. The second-order valence-electron chi connectivity index (χ2n) is 2.50. The fourth-order valence-corrected chi connectivity index (χ4v) is 0.721. The molecule has 0 saturated carbocycles. The summed E-state index contributed by atoms with van der Waals surface area (Å²) in [7, 11) is 1.25. The van der Waals surface area contributed by atoms with E-state index >= 15 is 0 Å². The molecule has 0 aliphatic carbocycles. The molecule has 3 heteroatoms. The molecule has 0 aliphatic heterocycles. The first-order valence-electron chi connectivity index (χ1n) is 4.09. The Balaban J connectivity index is 3.69. The van der Waals surface area contributed by atoms with Crippen LogP contribution in [0.2, 0.25) is 0 Å². The molecule has 13 heavy (non-hydrogen) atoms. The Morgan fingerprint density at radius 2 is 2.46 bits per heavy atom. The van der Waals surface area contributed by atoms with Gasteiger partial charge in [-0.1, -0.05) is 12.0 Å². The van der Waals surface area contributed by atoms with Crippen molar-refractivity contribution in [2.24, 2.45) is 0 Å². The zero-order chi connectivity index (χ0) is 10.1. The van der Waals surface area contributed by atoms with Gasteiger partial charge < -0.3 is 9.84 Å².